The van der Waals surface area contributed by atoms with E-state index < -0.39 is 0 Å². The van der Waals surface area contributed by atoms with Crippen LogP contribution in [0.1, 0.15) is 25.0 Å². The normalized spacial score (nSPS) is 13.4. The van der Waals surface area contributed by atoms with E-state index in [1.807, 2.05) is 6.07 Å². The summed E-state index contributed by atoms with van der Waals surface area (Å²) in [6.45, 7) is 4.73. The van der Waals surface area contributed by atoms with Gasteiger partial charge < -0.3 is 14.3 Å². The molecule has 0 unspecified atom stereocenters. The smallest absolute Gasteiger partial charge is 0.136 e. The second kappa shape index (κ2) is 12.2. The molecular formula is C57H38N2O. The highest BCUT2D eigenvalue weighted by Gasteiger charge is 2.36. The van der Waals surface area contributed by atoms with Gasteiger partial charge in [-0.25, -0.2) is 0 Å². The van der Waals surface area contributed by atoms with Gasteiger partial charge in [0, 0.05) is 55.0 Å². The monoisotopic (exact) mass is 766 g/mol. The molecule has 0 spiro atoms. The minimum absolute atomic E-state index is 0.0865. The van der Waals surface area contributed by atoms with Crippen molar-refractivity contribution in [3.05, 3.63) is 199 Å². The number of hydrogen-bond acceptors (Lipinski definition) is 2. The van der Waals surface area contributed by atoms with Crippen LogP contribution in [-0.4, -0.2) is 4.57 Å². The van der Waals surface area contributed by atoms with Crippen molar-refractivity contribution in [2.45, 2.75) is 19.3 Å². The topological polar surface area (TPSA) is 30.1 Å². The molecule has 0 atom stereocenters. The van der Waals surface area contributed by atoms with Crippen molar-refractivity contribution in [2.24, 2.45) is 0 Å². The maximum atomic E-state index is 6.35. The van der Waals surface area contributed by atoms with Gasteiger partial charge in [0.2, 0.25) is 0 Å². The first-order valence-corrected chi connectivity index (χ1v) is 20.8. The van der Waals surface area contributed by atoms with Crippen LogP contribution in [0.4, 0.5) is 11.4 Å². The Labute approximate surface area is 347 Å². The lowest BCUT2D eigenvalue weighted by atomic mass is 9.82. The van der Waals surface area contributed by atoms with E-state index in [-0.39, 0.29) is 5.41 Å². The molecule has 0 bridgehead atoms. The van der Waals surface area contributed by atoms with E-state index in [1.165, 1.54) is 83.1 Å². The molecule has 60 heavy (non-hydrogen) atoms. The first kappa shape index (κ1) is 33.4. The number of hydrogen-bond donors (Lipinski definition) is 1. The predicted molar refractivity (Wildman–Crippen MR) is 251 cm³/mol. The zero-order valence-corrected chi connectivity index (χ0v) is 33.3. The third-order valence-electron chi connectivity index (χ3n) is 13.4. The summed E-state index contributed by atoms with van der Waals surface area (Å²) >= 11 is 0. The molecule has 3 nitrogen and oxygen atoms in total. The van der Waals surface area contributed by atoms with Gasteiger partial charge in [-0.05, 0) is 111 Å². The number of rotatable bonds is 3. The molecule has 0 amide bonds. The Morgan fingerprint density at radius 3 is 1.92 bits per heavy atom. The standard InChI is InChI=1S/C57H38N2O/c1-57(2)48-23-10-8-18-39(48)44-32-47-46-31-35(27-29-51(46)59(52(47)33-49(44)57)36-14-4-3-5-15-36)34-26-28-50-45(30-34)38-17-7-6-16-37(38)41-21-12-22-42(56(41)58-50)40-20-13-25-54-55(40)43-19-9-11-24-53(43)60-54/h3-33,58H,1-2H3. The van der Waals surface area contributed by atoms with Crippen molar-refractivity contribution in [2.75, 3.05) is 5.32 Å². The molecule has 1 aliphatic heterocycles. The van der Waals surface area contributed by atoms with Crippen molar-refractivity contribution in [1.29, 1.82) is 0 Å². The maximum absolute atomic E-state index is 6.35. The number of anilines is 2. The van der Waals surface area contributed by atoms with E-state index in [4.69, 9.17) is 4.42 Å². The third kappa shape index (κ3) is 4.60. The van der Waals surface area contributed by atoms with Crippen LogP contribution in [0.25, 0.3) is 105 Å². The van der Waals surface area contributed by atoms with E-state index in [0.29, 0.717) is 0 Å². The van der Waals surface area contributed by atoms with E-state index in [1.54, 1.807) is 0 Å². The summed E-state index contributed by atoms with van der Waals surface area (Å²) in [7, 11) is 0. The number of benzene rings is 9. The number of aromatic nitrogens is 1. The van der Waals surface area contributed by atoms with E-state index >= 15 is 0 Å². The average Bonchev–Trinajstić information content (AvgIpc) is 3.87. The minimum atomic E-state index is -0.0865. The lowest BCUT2D eigenvalue weighted by Crippen LogP contribution is -2.14. The second-order valence-corrected chi connectivity index (χ2v) is 16.9. The summed E-state index contributed by atoms with van der Waals surface area (Å²) in [5.74, 6) is 0. The molecule has 282 valence electrons. The molecule has 2 aliphatic rings. The molecular weight excluding hydrogens is 729 g/mol. The van der Waals surface area contributed by atoms with Crippen molar-refractivity contribution in [3.63, 3.8) is 0 Å². The SMILES string of the molecule is CC1(C)c2ccccc2-c2cc3c4cc(-c5ccc6c(c5)-c5ccccc5-c5cccc(-c7cccc8oc9ccccc9c78)c5N6)ccc4n(-c4ccccc4)c3cc21. The highest BCUT2D eigenvalue weighted by Crippen LogP contribution is 2.53. The van der Waals surface area contributed by atoms with Gasteiger partial charge in [0.1, 0.15) is 11.2 Å². The van der Waals surface area contributed by atoms with Crippen LogP contribution in [-0.2, 0) is 5.41 Å². The van der Waals surface area contributed by atoms with Gasteiger partial charge in [0.05, 0.1) is 16.7 Å². The fraction of sp³-hybridized carbons (Fsp3) is 0.0526. The molecule has 0 radical (unpaired) electrons. The van der Waals surface area contributed by atoms with Crippen molar-refractivity contribution in [3.8, 4) is 61.3 Å². The van der Waals surface area contributed by atoms with Gasteiger partial charge in [-0.15, -0.1) is 0 Å². The Bertz CT molecular complexity index is 3600. The van der Waals surface area contributed by atoms with Crippen molar-refractivity contribution >= 4 is 55.1 Å². The molecule has 1 aliphatic carbocycles. The number of para-hydroxylation sites is 3. The van der Waals surface area contributed by atoms with Crippen LogP contribution >= 0.6 is 0 Å². The lowest BCUT2D eigenvalue weighted by Gasteiger charge is -2.21. The number of fused-ring (bicyclic) bond motifs is 14. The molecule has 11 aromatic rings. The van der Waals surface area contributed by atoms with Gasteiger partial charge in [-0.3, -0.25) is 0 Å². The molecule has 1 N–H and O–H groups in total. The van der Waals surface area contributed by atoms with Gasteiger partial charge >= 0.3 is 0 Å². The summed E-state index contributed by atoms with van der Waals surface area (Å²) in [5, 5.41) is 8.77. The Hall–Kier alpha value is -7.62. The molecule has 0 saturated heterocycles. The zero-order chi connectivity index (χ0) is 39.7. The Kier molecular flexibility index (Phi) is 6.78. The average molecular weight is 767 g/mol. The molecule has 2 aromatic heterocycles. The Morgan fingerprint density at radius 2 is 1.05 bits per heavy atom. The van der Waals surface area contributed by atoms with Crippen LogP contribution in [0.3, 0.4) is 0 Å². The fourth-order valence-corrected chi connectivity index (χ4v) is 10.5. The number of nitrogens with one attached hydrogen (secondary N) is 1. The van der Waals surface area contributed by atoms with Gasteiger partial charge in [-0.2, -0.15) is 0 Å². The largest absolute Gasteiger partial charge is 0.456 e. The lowest BCUT2D eigenvalue weighted by molar-refractivity contribution is 0.661. The highest BCUT2D eigenvalue weighted by molar-refractivity contribution is 6.16. The molecule has 3 heteroatoms. The summed E-state index contributed by atoms with van der Waals surface area (Å²) in [5.41, 5.74) is 22.4. The number of nitrogens with zero attached hydrogens (tertiary/aromatic N) is 1. The van der Waals surface area contributed by atoms with E-state index in [0.717, 1.165) is 44.4 Å². The van der Waals surface area contributed by atoms with Crippen molar-refractivity contribution < 1.29 is 4.42 Å². The number of furan rings is 1. The second-order valence-electron chi connectivity index (χ2n) is 16.9. The van der Waals surface area contributed by atoms with Gasteiger partial charge in [0.25, 0.3) is 0 Å². The van der Waals surface area contributed by atoms with Crippen LogP contribution in [0, 0.1) is 0 Å². The first-order chi connectivity index (χ1) is 29.5. The highest BCUT2D eigenvalue weighted by atomic mass is 16.3. The first-order valence-electron chi connectivity index (χ1n) is 20.8. The van der Waals surface area contributed by atoms with Crippen molar-refractivity contribution in [1.82, 2.24) is 4.57 Å². The molecule has 0 fully saturated rings. The molecule has 0 saturated carbocycles. The zero-order valence-electron chi connectivity index (χ0n) is 33.3. The van der Waals surface area contributed by atoms with E-state index in [9.17, 15) is 0 Å². The van der Waals surface area contributed by atoms with Gasteiger partial charge in [0.15, 0.2) is 0 Å². The van der Waals surface area contributed by atoms with Crippen LogP contribution in [0.15, 0.2) is 192 Å². The summed E-state index contributed by atoms with van der Waals surface area (Å²) in [4.78, 5) is 0. The summed E-state index contributed by atoms with van der Waals surface area (Å²) in [6.07, 6.45) is 0. The minimum Gasteiger partial charge on any atom is -0.456 e. The Balaban J connectivity index is 0.997. The van der Waals surface area contributed by atoms with Crippen LogP contribution in [0.2, 0.25) is 0 Å². The third-order valence-corrected chi connectivity index (χ3v) is 13.4. The predicted octanol–water partition coefficient (Wildman–Crippen LogP) is 15.7. The summed E-state index contributed by atoms with van der Waals surface area (Å²) < 4.78 is 8.80. The molecule has 13 rings (SSSR count). The van der Waals surface area contributed by atoms with E-state index in [2.05, 4.69) is 206 Å². The Morgan fingerprint density at radius 1 is 0.417 bits per heavy atom. The summed E-state index contributed by atoms with van der Waals surface area (Å²) in [6, 6.07) is 68.9. The maximum Gasteiger partial charge on any atom is 0.136 e. The quantitative estimate of drug-likeness (QED) is 0.194. The molecule has 3 heterocycles. The van der Waals surface area contributed by atoms with Gasteiger partial charge in [-0.1, -0.05) is 141 Å². The molecule has 9 aromatic carbocycles. The van der Waals surface area contributed by atoms with Crippen LogP contribution < -0.4 is 5.32 Å². The fourth-order valence-electron chi connectivity index (χ4n) is 10.5. The van der Waals surface area contributed by atoms with Crippen LogP contribution in [0.5, 0.6) is 0 Å².